The molecule has 2 saturated carbocycles. The zero-order chi connectivity index (χ0) is 12.7. The van der Waals surface area contributed by atoms with Crippen LogP contribution in [0, 0.1) is 10.8 Å². The molecule has 4 N–H and O–H groups in total. The van der Waals surface area contributed by atoms with Crippen LogP contribution in [0.25, 0.3) is 0 Å². The zero-order valence-corrected chi connectivity index (χ0v) is 10.2. The van der Waals surface area contributed by atoms with Gasteiger partial charge in [0.15, 0.2) is 0 Å². The van der Waals surface area contributed by atoms with Crippen molar-refractivity contribution < 1.29 is 14.7 Å². The van der Waals surface area contributed by atoms with E-state index >= 15 is 0 Å². The van der Waals surface area contributed by atoms with Gasteiger partial charge in [0, 0.05) is 12.6 Å². The van der Waals surface area contributed by atoms with Crippen LogP contribution in [0.5, 0.6) is 0 Å². The molecule has 0 spiro atoms. The summed E-state index contributed by atoms with van der Waals surface area (Å²) < 4.78 is 0. The normalized spacial score (nSPS) is 34.4. The quantitative estimate of drug-likeness (QED) is 0.666. The fourth-order valence-electron chi connectivity index (χ4n) is 2.54. The second-order valence-corrected chi connectivity index (χ2v) is 5.68. The molecular formula is C12H20N2O3. The summed E-state index contributed by atoms with van der Waals surface area (Å²) in [4.78, 5) is 23.1. The average molecular weight is 240 g/mol. The molecule has 0 heterocycles. The minimum atomic E-state index is -0.807. The first kappa shape index (κ1) is 12.4. The van der Waals surface area contributed by atoms with Gasteiger partial charge in [-0.05, 0) is 32.6 Å². The van der Waals surface area contributed by atoms with Crippen LogP contribution in [0.15, 0.2) is 0 Å². The Labute approximate surface area is 101 Å². The highest BCUT2D eigenvalue weighted by Gasteiger charge is 2.51. The van der Waals surface area contributed by atoms with Gasteiger partial charge in [0.1, 0.15) is 0 Å². The van der Waals surface area contributed by atoms with Crippen molar-refractivity contribution in [2.45, 2.75) is 45.1 Å². The molecule has 0 saturated heterocycles. The maximum Gasteiger partial charge on any atom is 0.311 e. The standard InChI is InChI=1S/C12H20N2O3/c1-11(4-2-3-8(11)13)9(15)14-7-12(5-6-12)10(16)17/h8H,2-7,13H2,1H3,(H,14,15)(H,16,17). The molecule has 2 fully saturated rings. The lowest BCUT2D eigenvalue weighted by atomic mass is 9.84. The van der Waals surface area contributed by atoms with Crippen LogP contribution >= 0.6 is 0 Å². The van der Waals surface area contributed by atoms with Crippen molar-refractivity contribution in [2.75, 3.05) is 6.54 Å². The zero-order valence-electron chi connectivity index (χ0n) is 10.2. The van der Waals surface area contributed by atoms with E-state index in [1.807, 2.05) is 6.92 Å². The lowest BCUT2D eigenvalue weighted by molar-refractivity contribution is -0.143. The molecular weight excluding hydrogens is 220 g/mol. The highest BCUT2D eigenvalue weighted by Crippen LogP contribution is 2.45. The molecule has 96 valence electrons. The van der Waals surface area contributed by atoms with Gasteiger partial charge in [-0.2, -0.15) is 0 Å². The topological polar surface area (TPSA) is 92.4 Å². The molecule has 0 radical (unpaired) electrons. The summed E-state index contributed by atoms with van der Waals surface area (Å²) in [6, 6.07) is -0.109. The van der Waals surface area contributed by atoms with Gasteiger partial charge in [-0.25, -0.2) is 0 Å². The van der Waals surface area contributed by atoms with Crippen molar-refractivity contribution in [3.8, 4) is 0 Å². The summed E-state index contributed by atoms with van der Waals surface area (Å²) in [7, 11) is 0. The SMILES string of the molecule is CC1(C(=O)NCC2(C(=O)O)CC2)CCCC1N. The lowest BCUT2D eigenvalue weighted by Crippen LogP contribution is -2.49. The van der Waals surface area contributed by atoms with Crippen molar-refractivity contribution in [1.82, 2.24) is 5.32 Å². The summed E-state index contributed by atoms with van der Waals surface area (Å²) in [5.74, 6) is -0.895. The third-order valence-electron chi connectivity index (χ3n) is 4.44. The van der Waals surface area contributed by atoms with E-state index in [1.54, 1.807) is 0 Å². The van der Waals surface area contributed by atoms with Crippen molar-refractivity contribution in [1.29, 1.82) is 0 Å². The molecule has 17 heavy (non-hydrogen) atoms. The van der Waals surface area contributed by atoms with Crippen molar-refractivity contribution in [3.63, 3.8) is 0 Å². The van der Waals surface area contributed by atoms with E-state index in [2.05, 4.69) is 5.32 Å². The largest absolute Gasteiger partial charge is 0.481 e. The lowest BCUT2D eigenvalue weighted by Gasteiger charge is -2.28. The van der Waals surface area contributed by atoms with Gasteiger partial charge < -0.3 is 16.2 Å². The number of nitrogens with one attached hydrogen (secondary N) is 1. The number of hydrogen-bond acceptors (Lipinski definition) is 3. The van der Waals surface area contributed by atoms with Gasteiger partial charge in [0.05, 0.1) is 10.8 Å². The van der Waals surface area contributed by atoms with Gasteiger partial charge in [-0.15, -0.1) is 0 Å². The smallest absolute Gasteiger partial charge is 0.311 e. The van der Waals surface area contributed by atoms with E-state index in [1.165, 1.54) is 0 Å². The fraction of sp³-hybridized carbons (Fsp3) is 0.833. The molecule has 0 aromatic heterocycles. The molecule has 1 amide bonds. The second-order valence-electron chi connectivity index (χ2n) is 5.68. The van der Waals surface area contributed by atoms with Crippen LogP contribution in [0.3, 0.4) is 0 Å². The van der Waals surface area contributed by atoms with Gasteiger partial charge in [0.2, 0.25) is 5.91 Å². The Hall–Kier alpha value is -1.10. The average Bonchev–Trinajstić information content (AvgIpc) is 2.99. The maximum atomic E-state index is 12.1. The van der Waals surface area contributed by atoms with E-state index < -0.39 is 16.8 Å². The first-order chi connectivity index (χ1) is 7.91. The highest BCUT2D eigenvalue weighted by atomic mass is 16.4. The summed E-state index contributed by atoms with van der Waals surface area (Å²) in [6.45, 7) is 2.11. The van der Waals surface area contributed by atoms with Crippen molar-refractivity contribution in [2.24, 2.45) is 16.6 Å². The number of rotatable bonds is 4. The van der Waals surface area contributed by atoms with Crippen LogP contribution in [0.1, 0.15) is 39.0 Å². The van der Waals surface area contributed by atoms with Crippen LogP contribution < -0.4 is 11.1 Å². The Balaban J connectivity index is 1.92. The van der Waals surface area contributed by atoms with E-state index in [0.717, 1.165) is 19.3 Å². The Bertz CT molecular complexity index is 352. The number of carboxylic acid groups (broad SMARTS) is 1. The maximum absolute atomic E-state index is 12.1. The van der Waals surface area contributed by atoms with Gasteiger partial charge in [0.25, 0.3) is 0 Å². The first-order valence-electron chi connectivity index (χ1n) is 6.18. The van der Waals surface area contributed by atoms with E-state index in [0.29, 0.717) is 12.8 Å². The van der Waals surface area contributed by atoms with E-state index in [9.17, 15) is 9.59 Å². The minimum absolute atomic E-state index is 0.0879. The molecule has 2 unspecified atom stereocenters. The Kier molecular flexibility index (Phi) is 2.89. The minimum Gasteiger partial charge on any atom is -0.481 e. The summed E-state index contributed by atoms with van der Waals surface area (Å²) in [5, 5.41) is 11.8. The van der Waals surface area contributed by atoms with Crippen LogP contribution in [0.2, 0.25) is 0 Å². The highest BCUT2D eigenvalue weighted by molar-refractivity contribution is 5.85. The molecule has 2 rings (SSSR count). The number of nitrogens with two attached hydrogens (primary N) is 1. The predicted molar refractivity (Wildman–Crippen MR) is 62.2 cm³/mol. The van der Waals surface area contributed by atoms with Gasteiger partial charge >= 0.3 is 5.97 Å². The summed E-state index contributed by atoms with van der Waals surface area (Å²) in [5.41, 5.74) is 4.73. The van der Waals surface area contributed by atoms with Gasteiger partial charge in [-0.3, -0.25) is 9.59 Å². The Morgan fingerprint density at radius 1 is 1.41 bits per heavy atom. The predicted octanol–water partition coefficient (Wildman–Crippen LogP) is 0.485. The van der Waals surface area contributed by atoms with E-state index in [-0.39, 0.29) is 18.5 Å². The molecule has 5 nitrogen and oxygen atoms in total. The van der Waals surface area contributed by atoms with Gasteiger partial charge in [-0.1, -0.05) is 6.42 Å². The molecule has 0 aromatic rings. The third kappa shape index (κ3) is 2.04. The molecule has 2 atom stereocenters. The van der Waals surface area contributed by atoms with E-state index in [4.69, 9.17) is 10.8 Å². The monoisotopic (exact) mass is 240 g/mol. The number of carboxylic acids is 1. The van der Waals surface area contributed by atoms with Crippen molar-refractivity contribution in [3.05, 3.63) is 0 Å². The summed E-state index contributed by atoms with van der Waals surface area (Å²) >= 11 is 0. The molecule has 5 heteroatoms. The number of carbonyl (C=O) groups is 2. The number of carbonyl (C=O) groups excluding carboxylic acids is 1. The summed E-state index contributed by atoms with van der Waals surface area (Å²) in [6.07, 6.45) is 3.94. The van der Waals surface area contributed by atoms with Crippen molar-refractivity contribution >= 4 is 11.9 Å². The molecule has 0 aromatic carbocycles. The number of aliphatic carboxylic acids is 1. The Morgan fingerprint density at radius 3 is 2.47 bits per heavy atom. The molecule has 2 aliphatic rings. The number of amides is 1. The molecule has 0 bridgehead atoms. The molecule has 2 aliphatic carbocycles. The van der Waals surface area contributed by atoms with Crippen LogP contribution in [-0.4, -0.2) is 29.6 Å². The fourth-order valence-corrected chi connectivity index (χ4v) is 2.54. The van der Waals surface area contributed by atoms with Crippen LogP contribution in [0.4, 0.5) is 0 Å². The first-order valence-corrected chi connectivity index (χ1v) is 6.18. The second kappa shape index (κ2) is 3.98. The molecule has 0 aliphatic heterocycles. The third-order valence-corrected chi connectivity index (χ3v) is 4.44. The van der Waals surface area contributed by atoms with Crippen LogP contribution in [-0.2, 0) is 9.59 Å². The Morgan fingerprint density at radius 2 is 2.06 bits per heavy atom. The number of hydrogen-bond donors (Lipinski definition) is 3.